The van der Waals surface area contributed by atoms with Gasteiger partial charge in [-0.15, -0.1) is 0 Å². The molecule has 2 aromatic rings. The van der Waals surface area contributed by atoms with E-state index in [0.717, 1.165) is 18.6 Å². The number of hydrogen-bond acceptors (Lipinski definition) is 4. The third-order valence-corrected chi connectivity index (χ3v) is 2.99. The Labute approximate surface area is 114 Å². The molecule has 1 N–H and O–H groups in total. The van der Waals surface area contributed by atoms with Crippen LogP contribution in [0.4, 0.5) is 13.2 Å². The van der Waals surface area contributed by atoms with Crippen LogP contribution in [0.15, 0.2) is 16.7 Å². The normalized spacial score (nSPS) is 12.7. The van der Waals surface area contributed by atoms with Gasteiger partial charge in [-0.1, -0.05) is 5.16 Å². The summed E-state index contributed by atoms with van der Waals surface area (Å²) in [6.45, 7) is 2.00. The van der Waals surface area contributed by atoms with Gasteiger partial charge in [-0.2, -0.15) is 4.98 Å². The van der Waals surface area contributed by atoms with Crippen LogP contribution in [0, 0.1) is 17.5 Å². The number of rotatable bonds is 5. The molecule has 1 aromatic heterocycles. The van der Waals surface area contributed by atoms with Crippen molar-refractivity contribution in [2.75, 3.05) is 7.05 Å². The average molecular weight is 285 g/mol. The molecule has 0 radical (unpaired) electrons. The van der Waals surface area contributed by atoms with E-state index < -0.39 is 17.5 Å². The van der Waals surface area contributed by atoms with Gasteiger partial charge in [-0.05, 0) is 32.5 Å². The second-order valence-corrected chi connectivity index (χ2v) is 4.49. The Kier molecular flexibility index (Phi) is 4.39. The Morgan fingerprint density at radius 3 is 2.50 bits per heavy atom. The van der Waals surface area contributed by atoms with Gasteiger partial charge >= 0.3 is 0 Å². The lowest BCUT2D eigenvalue weighted by atomic mass is 10.2. The molecule has 0 bridgehead atoms. The monoisotopic (exact) mass is 285 g/mol. The van der Waals surface area contributed by atoms with Gasteiger partial charge in [0.25, 0.3) is 0 Å². The first kappa shape index (κ1) is 14.5. The molecule has 0 aliphatic carbocycles. The largest absolute Gasteiger partial charge is 0.339 e. The molecule has 2 rings (SSSR count). The molecule has 0 spiro atoms. The molecular formula is C13H14F3N3O. The van der Waals surface area contributed by atoms with Crippen molar-refractivity contribution in [2.24, 2.45) is 0 Å². The zero-order chi connectivity index (χ0) is 14.7. The number of aryl methyl sites for hydroxylation is 1. The highest BCUT2D eigenvalue weighted by Crippen LogP contribution is 2.21. The maximum Gasteiger partial charge on any atom is 0.227 e. The maximum absolute atomic E-state index is 13.1. The van der Waals surface area contributed by atoms with Gasteiger partial charge in [0.05, 0.1) is 0 Å². The summed E-state index contributed by atoms with van der Waals surface area (Å²) in [5.74, 6) is -3.67. The number of nitrogens with one attached hydrogen (secondary N) is 1. The van der Waals surface area contributed by atoms with Crippen LogP contribution >= 0.6 is 0 Å². The van der Waals surface area contributed by atoms with Crippen LogP contribution in [0.5, 0.6) is 0 Å². The Bertz CT molecular complexity index is 577. The summed E-state index contributed by atoms with van der Waals surface area (Å²) in [6, 6.07) is 1.96. The standard InChI is InChI=1S/C13H14F3N3O/c1-7(17-2)3-4-11-18-13(19-20-11)8-5-9(14)12(16)10(15)6-8/h5-7,17H,3-4H2,1-2H3. The Hall–Kier alpha value is -1.89. The molecule has 0 fully saturated rings. The van der Waals surface area contributed by atoms with E-state index in [-0.39, 0.29) is 17.4 Å². The molecule has 0 amide bonds. The first-order chi connectivity index (χ1) is 9.51. The van der Waals surface area contributed by atoms with E-state index in [1.807, 2.05) is 14.0 Å². The molecule has 4 nitrogen and oxygen atoms in total. The Balaban J connectivity index is 2.16. The third kappa shape index (κ3) is 3.16. The van der Waals surface area contributed by atoms with E-state index >= 15 is 0 Å². The topological polar surface area (TPSA) is 51.0 Å². The van der Waals surface area contributed by atoms with Gasteiger partial charge in [-0.3, -0.25) is 0 Å². The smallest absolute Gasteiger partial charge is 0.227 e. The van der Waals surface area contributed by atoms with Gasteiger partial charge in [-0.25, -0.2) is 13.2 Å². The van der Waals surface area contributed by atoms with Crippen molar-refractivity contribution in [1.82, 2.24) is 15.5 Å². The summed E-state index contributed by atoms with van der Waals surface area (Å²) in [5.41, 5.74) is 0.0399. The van der Waals surface area contributed by atoms with Gasteiger partial charge in [0.1, 0.15) is 0 Å². The first-order valence-corrected chi connectivity index (χ1v) is 6.16. The fraction of sp³-hybridized carbons (Fsp3) is 0.385. The van der Waals surface area contributed by atoms with Crippen LogP contribution in [-0.2, 0) is 6.42 Å². The van der Waals surface area contributed by atoms with Gasteiger partial charge < -0.3 is 9.84 Å². The van der Waals surface area contributed by atoms with Crippen LogP contribution in [0.1, 0.15) is 19.2 Å². The van der Waals surface area contributed by atoms with Gasteiger partial charge in [0.15, 0.2) is 17.5 Å². The predicted octanol–water partition coefficient (Wildman–Crippen LogP) is 2.69. The van der Waals surface area contributed by atoms with E-state index in [2.05, 4.69) is 15.5 Å². The van der Waals surface area contributed by atoms with E-state index in [9.17, 15) is 13.2 Å². The molecule has 108 valence electrons. The van der Waals surface area contributed by atoms with Crippen molar-refractivity contribution in [3.63, 3.8) is 0 Å². The minimum atomic E-state index is -1.51. The molecule has 1 aromatic carbocycles. The SMILES string of the molecule is CNC(C)CCc1nc(-c2cc(F)c(F)c(F)c2)no1. The highest BCUT2D eigenvalue weighted by Gasteiger charge is 2.15. The summed E-state index contributed by atoms with van der Waals surface area (Å²) in [7, 11) is 1.84. The number of halogens is 3. The van der Waals surface area contributed by atoms with Crippen LogP contribution in [0.25, 0.3) is 11.4 Å². The van der Waals surface area contributed by atoms with Crippen LogP contribution < -0.4 is 5.32 Å². The van der Waals surface area contributed by atoms with Crippen LogP contribution in [0.2, 0.25) is 0 Å². The minimum absolute atomic E-state index is 0.0370. The zero-order valence-electron chi connectivity index (χ0n) is 11.1. The lowest BCUT2D eigenvalue weighted by Crippen LogP contribution is -2.21. The van der Waals surface area contributed by atoms with Crippen molar-refractivity contribution >= 4 is 0 Å². The van der Waals surface area contributed by atoms with Gasteiger partial charge in [0, 0.05) is 18.0 Å². The highest BCUT2D eigenvalue weighted by atomic mass is 19.2. The van der Waals surface area contributed by atoms with Gasteiger partial charge in [0.2, 0.25) is 11.7 Å². The van der Waals surface area contributed by atoms with Crippen molar-refractivity contribution in [3.8, 4) is 11.4 Å². The second kappa shape index (κ2) is 6.04. The summed E-state index contributed by atoms with van der Waals surface area (Å²) in [4.78, 5) is 4.04. The molecule has 1 heterocycles. The maximum atomic E-state index is 13.1. The van der Waals surface area contributed by atoms with Crippen LogP contribution in [-0.4, -0.2) is 23.2 Å². The lowest BCUT2D eigenvalue weighted by molar-refractivity contribution is 0.369. The quantitative estimate of drug-likeness (QED) is 0.858. The average Bonchev–Trinajstić information content (AvgIpc) is 2.90. The summed E-state index contributed by atoms with van der Waals surface area (Å²) >= 11 is 0. The number of aromatic nitrogens is 2. The number of nitrogens with zero attached hydrogens (tertiary/aromatic N) is 2. The van der Waals surface area contributed by atoms with E-state index in [0.29, 0.717) is 12.3 Å². The second-order valence-electron chi connectivity index (χ2n) is 4.49. The molecule has 20 heavy (non-hydrogen) atoms. The van der Waals surface area contributed by atoms with Crippen molar-refractivity contribution < 1.29 is 17.7 Å². The first-order valence-electron chi connectivity index (χ1n) is 6.16. The molecule has 0 saturated heterocycles. The molecule has 1 unspecified atom stereocenters. The van der Waals surface area contributed by atoms with Crippen molar-refractivity contribution in [1.29, 1.82) is 0 Å². The highest BCUT2D eigenvalue weighted by molar-refractivity contribution is 5.54. The van der Waals surface area contributed by atoms with Crippen molar-refractivity contribution in [2.45, 2.75) is 25.8 Å². The zero-order valence-corrected chi connectivity index (χ0v) is 11.1. The minimum Gasteiger partial charge on any atom is -0.339 e. The molecule has 0 saturated carbocycles. The number of hydrogen-bond donors (Lipinski definition) is 1. The summed E-state index contributed by atoms with van der Waals surface area (Å²) < 4.78 is 44.1. The Morgan fingerprint density at radius 2 is 1.90 bits per heavy atom. The van der Waals surface area contributed by atoms with Crippen molar-refractivity contribution in [3.05, 3.63) is 35.5 Å². The fourth-order valence-electron chi connectivity index (χ4n) is 1.64. The van der Waals surface area contributed by atoms with Crippen LogP contribution in [0.3, 0.4) is 0 Å². The molecule has 7 heteroatoms. The van der Waals surface area contributed by atoms with E-state index in [1.54, 1.807) is 0 Å². The summed E-state index contributed by atoms with van der Waals surface area (Å²) in [6.07, 6.45) is 1.32. The lowest BCUT2D eigenvalue weighted by Gasteiger charge is -2.06. The Morgan fingerprint density at radius 1 is 1.25 bits per heavy atom. The molecule has 0 aliphatic rings. The molecular weight excluding hydrogens is 271 g/mol. The number of benzene rings is 1. The van der Waals surface area contributed by atoms with E-state index in [1.165, 1.54) is 0 Å². The van der Waals surface area contributed by atoms with E-state index in [4.69, 9.17) is 4.52 Å². The third-order valence-electron chi connectivity index (χ3n) is 2.99. The fourth-order valence-corrected chi connectivity index (χ4v) is 1.64. The molecule has 1 atom stereocenters. The predicted molar refractivity (Wildman–Crippen MR) is 66.5 cm³/mol. The summed E-state index contributed by atoms with van der Waals surface area (Å²) in [5, 5.41) is 6.70. The molecule has 0 aliphatic heterocycles.